The molecule has 0 atom stereocenters. The lowest BCUT2D eigenvalue weighted by Crippen LogP contribution is -2.27. The van der Waals surface area contributed by atoms with Gasteiger partial charge < -0.3 is 10.2 Å². The third-order valence-corrected chi connectivity index (χ3v) is 4.23. The van der Waals surface area contributed by atoms with Crippen LogP contribution in [0.3, 0.4) is 0 Å². The Bertz CT molecular complexity index is 807. The molecule has 2 amide bonds. The van der Waals surface area contributed by atoms with Crippen LogP contribution in [0, 0.1) is 5.82 Å². The summed E-state index contributed by atoms with van der Waals surface area (Å²) in [7, 11) is 0. The largest absolute Gasteiger partial charge is 0.320 e. The molecular formula is C17H14BrFN2O2. The number of nitrogens with one attached hydrogen (secondary N) is 1. The lowest BCUT2D eigenvalue weighted by molar-refractivity contribution is -0.116. The molecule has 6 heteroatoms. The van der Waals surface area contributed by atoms with Crippen LogP contribution < -0.4 is 10.2 Å². The van der Waals surface area contributed by atoms with Crippen LogP contribution in [0.1, 0.15) is 22.8 Å². The van der Waals surface area contributed by atoms with E-state index in [9.17, 15) is 14.0 Å². The summed E-state index contributed by atoms with van der Waals surface area (Å²) in [4.78, 5) is 25.8. The third-order valence-electron chi connectivity index (χ3n) is 3.78. The molecule has 2 aromatic carbocycles. The Morgan fingerprint density at radius 1 is 1.26 bits per heavy atom. The molecule has 1 aliphatic rings. The Hall–Kier alpha value is -2.21. The minimum absolute atomic E-state index is 0.0337. The molecule has 1 aliphatic heterocycles. The molecular weight excluding hydrogens is 363 g/mol. The van der Waals surface area contributed by atoms with E-state index in [4.69, 9.17) is 0 Å². The number of fused-ring (bicyclic) bond motifs is 1. The average molecular weight is 377 g/mol. The molecule has 0 saturated carbocycles. The quantitative estimate of drug-likeness (QED) is 0.867. The van der Waals surface area contributed by atoms with Crippen LogP contribution in [0.25, 0.3) is 0 Å². The van der Waals surface area contributed by atoms with Crippen LogP contribution in [0.2, 0.25) is 0 Å². The van der Waals surface area contributed by atoms with Gasteiger partial charge in [0.25, 0.3) is 5.91 Å². The molecule has 0 spiro atoms. The highest BCUT2D eigenvalue weighted by Crippen LogP contribution is 2.38. The van der Waals surface area contributed by atoms with Crippen molar-refractivity contribution in [1.82, 2.24) is 0 Å². The smallest absolute Gasteiger partial charge is 0.258 e. The normalized spacial score (nSPS) is 12.9. The first-order valence-electron chi connectivity index (χ1n) is 7.14. The highest BCUT2D eigenvalue weighted by atomic mass is 79.9. The molecule has 1 N–H and O–H groups in total. The molecule has 0 radical (unpaired) electrons. The van der Waals surface area contributed by atoms with Crippen molar-refractivity contribution in [3.63, 3.8) is 0 Å². The van der Waals surface area contributed by atoms with Crippen LogP contribution in [0.5, 0.6) is 0 Å². The van der Waals surface area contributed by atoms with E-state index in [1.54, 1.807) is 17.0 Å². The number of carbonyl (C=O) groups excluding carboxylic acids is 2. The van der Waals surface area contributed by atoms with Crippen LogP contribution in [0.15, 0.2) is 40.9 Å². The summed E-state index contributed by atoms with van der Waals surface area (Å²) in [5.74, 6) is -1.22. The van der Waals surface area contributed by atoms with E-state index >= 15 is 0 Å². The van der Waals surface area contributed by atoms with E-state index in [0.29, 0.717) is 17.9 Å². The van der Waals surface area contributed by atoms with Gasteiger partial charge in [-0.15, -0.1) is 0 Å². The minimum Gasteiger partial charge on any atom is -0.320 e. The maximum Gasteiger partial charge on any atom is 0.258 e. The van der Waals surface area contributed by atoms with Gasteiger partial charge in [-0.05, 0) is 36.2 Å². The third kappa shape index (κ3) is 2.99. The number of carbonyl (C=O) groups is 2. The molecule has 23 heavy (non-hydrogen) atoms. The van der Waals surface area contributed by atoms with Gasteiger partial charge in [0.1, 0.15) is 5.82 Å². The van der Waals surface area contributed by atoms with Crippen molar-refractivity contribution in [1.29, 1.82) is 0 Å². The average Bonchev–Trinajstić information content (AvgIpc) is 2.91. The highest BCUT2D eigenvalue weighted by molar-refractivity contribution is 9.10. The molecule has 118 valence electrons. The number of hydrogen-bond acceptors (Lipinski definition) is 2. The van der Waals surface area contributed by atoms with Gasteiger partial charge in [0, 0.05) is 17.9 Å². The fourth-order valence-electron chi connectivity index (χ4n) is 2.75. The van der Waals surface area contributed by atoms with Crippen molar-refractivity contribution >= 4 is 39.1 Å². The second-order valence-corrected chi connectivity index (χ2v) is 6.23. The summed E-state index contributed by atoms with van der Waals surface area (Å²) in [6.45, 7) is 2.06. The van der Waals surface area contributed by atoms with Gasteiger partial charge in [-0.3, -0.25) is 9.59 Å². The van der Waals surface area contributed by atoms with Crippen LogP contribution in [0.4, 0.5) is 15.8 Å². The second-order valence-electron chi connectivity index (χ2n) is 5.32. The van der Waals surface area contributed by atoms with Gasteiger partial charge in [-0.25, -0.2) is 4.39 Å². The summed E-state index contributed by atoms with van der Waals surface area (Å²) in [5, 5.41) is 2.72. The number of anilines is 2. The Morgan fingerprint density at radius 2 is 2.00 bits per heavy atom. The Labute approximate surface area is 141 Å². The summed E-state index contributed by atoms with van der Waals surface area (Å²) >= 11 is 3.40. The lowest BCUT2D eigenvalue weighted by atomic mass is 10.1. The summed E-state index contributed by atoms with van der Waals surface area (Å²) < 4.78 is 14.6. The van der Waals surface area contributed by atoms with Crippen molar-refractivity contribution in [2.24, 2.45) is 0 Å². The number of hydrogen-bond donors (Lipinski definition) is 1. The van der Waals surface area contributed by atoms with Crippen LogP contribution in [-0.2, 0) is 11.2 Å². The second kappa shape index (κ2) is 6.12. The van der Waals surface area contributed by atoms with Crippen molar-refractivity contribution in [3.05, 3.63) is 57.8 Å². The molecule has 0 aromatic heterocycles. The molecule has 0 saturated heterocycles. The molecule has 0 unspecified atom stereocenters. The van der Waals surface area contributed by atoms with E-state index in [1.807, 2.05) is 6.07 Å². The number of halogens is 2. The summed E-state index contributed by atoms with van der Waals surface area (Å²) in [5.41, 5.74) is 2.12. The van der Waals surface area contributed by atoms with Gasteiger partial charge in [0.05, 0.1) is 16.9 Å². The predicted molar refractivity (Wildman–Crippen MR) is 90.2 cm³/mol. The van der Waals surface area contributed by atoms with Crippen molar-refractivity contribution in [2.75, 3.05) is 16.8 Å². The Balaban J connectivity index is 1.99. The molecule has 0 aliphatic carbocycles. The SMILES string of the molecule is CC(=O)N1CCc2cc(Br)cc(NC(=O)c3ccccc3F)c21. The zero-order valence-corrected chi connectivity index (χ0v) is 14.0. The Morgan fingerprint density at radius 3 is 2.70 bits per heavy atom. The van der Waals surface area contributed by atoms with Crippen molar-refractivity contribution < 1.29 is 14.0 Å². The molecule has 1 heterocycles. The predicted octanol–water partition coefficient (Wildman–Crippen LogP) is 3.75. The van der Waals surface area contributed by atoms with Crippen LogP contribution in [-0.4, -0.2) is 18.4 Å². The van der Waals surface area contributed by atoms with E-state index in [2.05, 4.69) is 21.2 Å². The summed E-state index contributed by atoms with van der Waals surface area (Å²) in [6.07, 6.45) is 0.719. The van der Waals surface area contributed by atoms with Gasteiger partial charge in [-0.2, -0.15) is 0 Å². The number of nitrogens with zero attached hydrogens (tertiary/aromatic N) is 1. The summed E-state index contributed by atoms with van der Waals surface area (Å²) in [6, 6.07) is 9.44. The van der Waals surface area contributed by atoms with E-state index in [0.717, 1.165) is 16.5 Å². The van der Waals surface area contributed by atoms with Gasteiger partial charge in [0.15, 0.2) is 0 Å². The molecule has 3 rings (SSSR count). The minimum atomic E-state index is -0.583. The maximum absolute atomic E-state index is 13.8. The topological polar surface area (TPSA) is 49.4 Å². The van der Waals surface area contributed by atoms with Crippen molar-refractivity contribution in [2.45, 2.75) is 13.3 Å². The van der Waals surface area contributed by atoms with E-state index in [1.165, 1.54) is 25.1 Å². The Kier molecular flexibility index (Phi) is 4.17. The fraction of sp³-hybridized carbons (Fsp3) is 0.176. The van der Waals surface area contributed by atoms with Gasteiger partial charge >= 0.3 is 0 Å². The first-order valence-corrected chi connectivity index (χ1v) is 7.93. The zero-order chi connectivity index (χ0) is 16.6. The van der Waals surface area contributed by atoms with Gasteiger partial charge in [0.2, 0.25) is 5.91 Å². The molecule has 0 bridgehead atoms. The van der Waals surface area contributed by atoms with Crippen LogP contribution >= 0.6 is 15.9 Å². The number of amides is 2. The van der Waals surface area contributed by atoms with E-state index < -0.39 is 11.7 Å². The van der Waals surface area contributed by atoms with Gasteiger partial charge in [-0.1, -0.05) is 28.1 Å². The fourth-order valence-corrected chi connectivity index (χ4v) is 3.26. The van der Waals surface area contributed by atoms with Crippen molar-refractivity contribution in [3.8, 4) is 0 Å². The molecule has 0 fully saturated rings. The first kappa shape index (κ1) is 15.7. The zero-order valence-electron chi connectivity index (χ0n) is 12.4. The first-order chi connectivity index (χ1) is 11.0. The number of rotatable bonds is 2. The molecule has 4 nitrogen and oxygen atoms in total. The molecule has 2 aromatic rings. The highest BCUT2D eigenvalue weighted by Gasteiger charge is 2.27. The maximum atomic E-state index is 13.8. The standard InChI is InChI=1S/C17H14BrFN2O2/c1-10(22)21-7-6-11-8-12(18)9-15(16(11)21)20-17(23)13-4-2-3-5-14(13)19/h2-5,8-9H,6-7H2,1H3,(H,20,23). The van der Waals surface area contributed by atoms with E-state index in [-0.39, 0.29) is 11.5 Å². The number of benzene rings is 2. The lowest BCUT2D eigenvalue weighted by Gasteiger charge is -2.19. The monoisotopic (exact) mass is 376 g/mol.